The Labute approximate surface area is 168 Å². The third kappa shape index (κ3) is 3.87. The van der Waals surface area contributed by atoms with Gasteiger partial charge in [-0.2, -0.15) is 0 Å². The molecular formula is C20H27N7O2. The van der Waals surface area contributed by atoms with Crippen LogP contribution >= 0.6 is 0 Å². The molecule has 1 N–H and O–H groups in total. The molecule has 9 nitrogen and oxygen atoms in total. The van der Waals surface area contributed by atoms with Gasteiger partial charge in [-0.15, -0.1) is 10.2 Å². The molecule has 0 saturated heterocycles. The predicted molar refractivity (Wildman–Crippen MR) is 110 cm³/mol. The maximum absolute atomic E-state index is 12.9. The van der Waals surface area contributed by atoms with Crippen LogP contribution in [0.5, 0.6) is 0 Å². The number of carbonyl (C=O) groups excluding carboxylic acids is 1. The van der Waals surface area contributed by atoms with E-state index >= 15 is 0 Å². The molecule has 1 fully saturated rings. The Balaban J connectivity index is 1.48. The normalized spacial score (nSPS) is 15.4. The van der Waals surface area contributed by atoms with Gasteiger partial charge in [0.1, 0.15) is 12.4 Å². The predicted octanol–water partition coefficient (Wildman–Crippen LogP) is 1.13. The lowest BCUT2D eigenvalue weighted by Crippen LogP contribution is -2.41. The molecule has 29 heavy (non-hydrogen) atoms. The smallest absolute Gasteiger partial charge is 0.297 e. The Hall–Kier alpha value is -2.81. The zero-order valence-electron chi connectivity index (χ0n) is 17.0. The number of nitrogens with one attached hydrogen (secondary N) is 1. The maximum atomic E-state index is 12.9. The van der Waals surface area contributed by atoms with Crippen LogP contribution < -0.4 is 10.9 Å². The van der Waals surface area contributed by atoms with Crippen LogP contribution in [0, 0.1) is 6.92 Å². The van der Waals surface area contributed by atoms with Crippen molar-refractivity contribution in [3.8, 4) is 0 Å². The monoisotopic (exact) mass is 397 g/mol. The number of carbonyl (C=O) groups is 1. The van der Waals surface area contributed by atoms with Gasteiger partial charge >= 0.3 is 0 Å². The molecule has 1 aliphatic carbocycles. The van der Waals surface area contributed by atoms with Crippen LogP contribution in [0.4, 0.5) is 0 Å². The molecule has 0 spiro atoms. The number of aryl methyl sites for hydroxylation is 1. The minimum Gasteiger partial charge on any atom is -0.353 e. The highest BCUT2D eigenvalue weighted by molar-refractivity contribution is 5.80. The van der Waals surface area contributed by atoms with Crippen LogP contribution in [0.3, 0.4) is 0 Å². The fourth-order valence-electron chi connectivity index (χ4n) is 4.19. The third-order valence-corrected chi connectivity index (χ3v) is 5.82. The number of pyridine rings is 1. The van der Waals surface area contributed by atoms with E-state index in [1.165, 1.54) is 36.7 Å². The molecule has 3 aromatic heterocycles. The van der Waals surface area contributed by atoms with Gasteiger partial charge in [-0.1, -0.05) is 19.3 Å². The van der Waals surface area contributed by atoms with Gasteiger partial charge in [-0.25, -0.2) is 4.98 Å². The molecular weight excluding hydrogens is 370 g/mol. The van der Waals surface area contributed by atoms with Crippen molar-refractivity contribution in [2.45, 2.75) is 51.6 Å². The molecule has 154 valence electrons. The Kier molecular flexibility index (Phi) is 5.57. The Morgan fingerprint density at radius 1 is 1.24 bits per heavy atom. The zero-order valence-corrected chi connectivity index (χ0v) is 17.0. The second kappa shape index (κ2) is 8.28. The molecule has 0 aliphatic heterocycles. The number of rotatable bonds is 6. The van der Waals surface area contributed by atoms with E-state index in [0.29, 0.717) is 29.6 Å². The highest BCUT2D eigenvalue weighted by Crippen LogP contribution is 2.21. The number of fused-ring (bicyclic) bond motifs is 3. The van der Waals surface area contributed by atoms with Crippen molar-refractivity contribution in [2.75, 3.05) is 20.1 Å². The average molecular weight is 397 g/mol. The van der Waals surface area contributed by atoms with E-state index in [4.69, 9.17) is 0 Å². The summed E-state index contributed by atoms with van der Waals surface area (Å²) in [6.45, 7) is 3.06. The second-order valence-corrected chi connectivity index (χ2v) is 7.77. The number of likely N-dealkylation sites (N-methyl/N-ethyl adjacent to an activating group) is 1. The van der Waals surface area contributed by atoms with Gasteiger partial charge < -0.3 is 10.2 Å². The lowest BCUT2D eigenvalue weighted by atomic mass is 9.94. The number of nitrogens with zero attached hydrogens (tertiary/aromatic N) is 6. The summed E-state index contributed by atoms with van der Waals surface area (Å²) in [4.78, 5) is 32.2. The van der Waals surface area contributed by atoms with Crippen molar-refractivity contribution >= 4 is 22.7 Å². The van der Waals surface area contributed by atoms with Crippen molar-refractivity contribution in [1.82, 2.24) is 34.4 Å². The molecule has 0 radical (unpaired) electrons. The van der Waals surface area contributed by atoms with Gasteiger partial charge in [0.05, 0.1) is 5.52 Å². The van der Waals surface area contributed by atoms with E-state index in [2.05, 4.69) is 32.4 Å². The lowest BCUT2D eigenvalue weighted by Gasteiger charge is -2.31. The lowest BCUT2D eigenvalue weighted by molar-refractivity contribution is -0.121. The van der Waals surface area contributed by atoms with Gasteiger partial charge in [-0.3, -0.25) is 18.6 Å². The molecule has 0 aromatic carbocycles. The molecule has 1 amide bonds. The summed E-state index contributed by atoms with van der Waals surface area (Å²) in [5.41, 5.74) is 0.982. The number of aromatic nitrogens is 5. The highest BCUT2D eigenvalue weighted by Gasteiger charge is 2.19. The van der Waals surface area contributed by atoms with E-state index in [9.17, 15) is 9.59 Å². The molecule has 3 aromatic rings. The van der Waals surface area contributed by atoms with E-state index in [1.54, 1.807) is 29.7 Å². The van der Waals surface area contributed by atoms with Gasteiger partial charge in [0, 0.05) is 25.3 Å². The van der Waals surface area contributed by atoms with Crippen LogP contribution in [0.25, 0.3) is 16.8 Å². The summed E-state index contributed by atoms with van der Waals surface area (Å²) >= 11 is 0. The van der Waals surface area contributed by atoms with Crippen LogP contribution in [-0.4, -0.2) is 61.1 Å². The first kappa shape index (κ1) is 19.5. The number of hydrogen-bond acceptors (Lipinski definition) is 6. The standard InChI is InChI=1S/C20H27N7O2/c1-14-23-24-19-20(29)26(16-9-6-10-22-18(16)27(14)19)13-17(28)21-11-12-25(2)15-7-4-3-5-8-15/h6,9-10,15H,3-5,7-8,11-13H2,1-2H3,(H,21,28). The van der Waals surface area contributed by atoms with Crippen LogP contribution in [-0.2, 0) is 11.3 Å². The third-order valence-electron chi connectivity index (χ3n) is 5.82. The molecule has 0 atom stereocenters. The Morgan fingerprint density at radius 3 is 2.83 bits per heavy atom. The SMILES string of the molecule is Cc1nnc2c(=O)n(CC(=O)NCCN(C)C3CCCCC3)c3cccnc3n12. The van der Waals surface area contributed by atoms with Crippen LogP contribution in [0.15, 0.2) is 23.1 Å². The summed E-state index contributed by atoms with van der Waals surface area (Å²) in [6.07, 6.45) is 8.02. The first-order valence-corrected chi connectivity index (χ1v) is 10.2. The van der Waals surface area contributed by atoms with Crippen molar-refractivity contribution in [3.05, 3.63) is 34.5 Å². The van der Waals surface area contributed by atoms with E-state index in [0.717, 1.165) is 6.54 Å². The zero-order chi connectivity index (χ0) is 20.4. The molecule has 3 heterocycles. The summed E-state index contributed by atoms with van der Waals surface area (Å²) in [5.74, 6) is 0.387. The van der Waals surface area contributed by atoms with Gasteiger partial charge in [-0.05, 0) is 38.9 Å². The first-order chi connectivity index (χ1) is 14.1. The van der Waals surface area contributed by atoms with E-state index in [1.807, 2.05) is 0 Å². The molecule has 1 saturated carbocycles. The Bertz CT molecular complexity index is 1080. The fraction of sp³-hybridized carbons (Fsp3) is 0.550. The summed E-state index contributed by atoms with van der Waals surface area (Å²) < 4.78 is 3.05. The fourth-order valence-corrected chi connectivity index (χ4v) is 4.19. The topological polar surface area (TPSA) is 97.4 Å². The molecule has 0 bridgehead atoms. The summed E-state index contributed by atoms with van der Waals surface area (Å²) in [6, 6.07) is 4.14. The molecule has 1 aliphatic rings. The molecule has 9 heteroatoms. The summed E-state index contributed by atoms with van der Waals surface area (Å²) in [7, 11) is 2.12. The number of hydrogen-bond donors (Lipinski definition) is 1. The average Bonchev–Trinajstić information content (AvgIpc) is 3.13. The van der Waals surface area contributed by atoms with E-state index in [-0.39, 0.29) is 23.7 Å². The van der Waals surface area contributed by atoms with Crippen LogP contribution in [0.1, 0.15) is 37.9 Å². The Morgan fingerprint density at radius 2 is 2.03 bits per heavy atom. The van der Waals surface area contributed by atoms with Gasteiger partial charge in [0.25, 0.3) is 5.56 Å². The quantitative estimate of drug-likeness (QED) is 0.670. The largest absolute Gasteiger partial charge is 0.353 e. The molecule has 4 rings (SSSR count). The minimum atomic E-state index is -0.347. The van der Waals surface area contributed by atoms with E-state index < -0.39 is 0 Å². The van der Waals surface area contributed by atoms with Crippen molar-refractivity contribution in [3.63, 3.8) is 0 Å². The van der Waals surface area contributed by atoms with Crippen molar-refractivity contribution < 1.29 is 4.79 Å². The first-order valence-electron chi connectivity index (χ1n) is 10.2. The van der Waals surface area contributed by atoms with Crippen molar-refractivity contribution in [1.29, 1.82) is 0 Å². The van der Waals surface area contributed by atoms with Gasteiger partial charge in [0.2, 0.25) is 11.6 Å². The van der Waals surface area contributed by atoms with Crippen molar-refractivity contribution in [2.24, 2.45) is 0 Å². The second-order valence-electron chi connectivity index (χ2n) is 7.77. The van der Waals surface area contributed by atoms with Gasteiger partial charge in [0.15, 0.2) is 5.65 Å². The minimum absolute atomic E-state index is 0.0728. The molecule has 0 unspecified atom stereocenters. The summed E-state index contributed by atoms with van der Waals surface area (Å²) in [5, 5.41) is 10.9. The maximum Gasteiger partial charge on any atom is 0.297 e. The van der Waals surface area contributed by atoms with Crippen LogP contribution in [0.2, 0.25) is 0 Å². The highest BCUT2D eigenvalue weighted by atomic mass is 16.2. The number of amides is 1.